The first-order valence-corrected chi connectivity index (χ1v) is 10.8. The fourth-order valence-corrected chi connectivity index (χ4v) is 4.83. The maximum absolute atomic E-state index is 13.2. The van der Waals surface area contributed by atoms with Gasteiger partial charge in [0.15, 0.2) is 0 Å². The molecular formula is C23H25N3O2S. The van der Waals surface area contributed by atoms with Crippen LogP contribution in [0.1, 0.15) is 33.8 Å². The fourth-order valence-electron chi connectivity index (χ4n) is 3.63. The highest BCUT2D eigenvalue weighted by atomic mass is 32.2. The van der Waals surface area contributed by atoms with Crippen molar-refractivity contribution in [1.82, 2.24) is 10.1 Å². The van der Waals surface area contributed by atoms with Gasteiger partial charge in [0.05, 0.1) is 11.3 Å². The molecule has 1 saturated heterocycles. The number of carbonyl (C=O) groups is 1. The van der Waals surface area contributed by atoms with Gasteiger partial charge in [-0.15, -0.1) is 11.8 Å². The van der Waals surface area contributed by atoms with Crippen LogP contribution in [0.5, 0.6) is 0 Å². The van der Waals surface area contributed by atoms with Crippen molar-refractivity contribution in [3.8, 4) is 0 Å². The monoisotopic (exact) mass is 407 g/mol. The molecular weight excluding hydrogens is 382 g/mol. The van der Waals surface area contributed by atoms with Crippen LogP contribution in [0, 0.1) is 13.8 Å². The van der Waals surface area contributed by atoms with E-state index in [0.29, 0.717) is 0 Å². The Morgan fingerprint density at radius 1 is 1.17 bits per heavy atom. The maximum atomic E-state index is 13.2. The van der Waals surface area contributed by atoms with E-state index in [4.69, 9.17) is 4.52 Å². The molecule has 2 aromatic carbocycles. The first-order valence-electron chi connectivity index (χ1n) is 9.86. The van der Waals surface area contributed by atoms with Crippen molar-refractivity contribution in [2.24, 2.45) is 0 Å². The molecule has 3 aromatic rings. The topological polar surface area (TPSA) is 58.4 Å². The van der Waals surface area contributed by atoms with Crippen molar-refractivity contribution in [3.63, 3.8) is 0 Å². The minimum atomic E-state index is 0.101. The zero-order chi connectivity index (χ0) is 20.2. The third kappa shape index (κ3) is 4.48. The number of rotatable bonds is 6. The quantitative estimate of drug-likeness (QED) is 0.588. The number of benzene rings is 2. The van der Waals surface area contributed by atoms with Gasteiger partial charge in [0, 0.05) is 41.0 Å². The summed E-state index contributed by atoms with van der Waals surface area (Å²) < 4.78 is 5.26. The summed E-state index contributed by atoms with van der Waals surface area (Å²) in [6.45, 7) is 5.37. The zero-order valence-corrected chi connectivity index (χ0v) is 17.5. The Morgan fingerprint density at radius 2 is 1.93 bits per heavy atom. The first-order chi connectivity index (χ1) is 14.1. The molecule has 4 rings (SSSR count). The predicted molar refractivity (Wildman–Crippen MR) is 116 cm³/mol. The molecule has 1 amide bonds. The molecule has 150 valence electrons. The first kappa shape index (κ1) is 19.6. The number of aryl methyl sites for hydroxylation is 2. The molecule has 0 spiro atoms. The second-order valence-corrected chi connectivity index (χ2v) is 8.35. The van der Waals surface area contributed by atoms with E-state index in [-0.39, 0.29) is 11.9 Å². The second-order valence-electron chi connectivity index (χ2n) is 7.33. The Kier molecular flexibility index (Phi) is 5.90. The van der Waals surface area contributed by atoms with Gasteiger partial charge in [0.25, 0.3) is 5.91 Å². The smallest absolute Gasteiger partial charge is 0.255 e. The molecule has 1 atom stereocenters. The predicted octanol–water partition coefficient (Wildman–Crippen LogP) is 4.91. The third-order valence-corrected chi connectivity index (χ3v) is 6.39. The van der Waals surface area contributed by atoms with Crippen molar-refractivity contribution >= 4 is 23.4 Å². The number of likely N-dealkylation sites (tertiary alicyclic amines) is 1. The van der Waals surface area contributed by atoms with Gasteiger partial charge >= 0.3 is 0 Å². The van der Waals surface area contributed by atoms with E-state index < -0.39 is 0 Å². The molecule has 1 unspecified atom stereocenters. The lowest BCUT2D eigenvalue weighted by Crippen LogP contribution is -2.31. The molecule has 6 heteroatoms. The standard InChI is InChI=1S/C23H25N3O2S/c1-16-21(17(2)28-25-16)15-29-22-11-7-6-10-20(22)23(27)26-13-12-19(14-26)24-18-8-4-3-5-9-18/h3-11,19,24H,12-15H2,1-2H3. The van der Waals surface area contributed by atoms with Crippen molar-refractivity contribution < 1.29 is 9.32 Å². The Hall–Kier alpha value is -2.73. The van der Waals surface area contributed by atoms with Crippen LogP contribution in [0.15, 0.2) is 64.0 Å². The lowest BCUT2D eigenvalue weighted by Gasteiger charge is -2.19. The Bertz CT molecular complexity index is 967. The van der Waals surface area contributed by atoms with Crippen LogP contribution in [-0.4, -0.2) is 35.1 Å². The number of nitrogens with zero attached hydrogens (tertiary/aromatic N) is 2. The van der Waals surface area contributed by atoms with Crippen LogP contribution in [0.3, 0.4) is 0 Å². The minimum Gasteiger partial charge on any atom is -0.380 e. The Morgan fingerprint density at radius 3 is 2.69 bits per heavy atom. The molecule has 1 fully saturated rings. The molecule has 1 aromatic heterocycles. The average Bonchev–Trinajstić information content (AvgIpc) is 3.33. The number of nitrogens with one attached hydrogen (secondary N) is 1. The molecule has 0 bridgehead atoms. The van der Waals surface area contributed by atoms with Crippen LogP contribution in [-0.2, 0) is 5.75 Å². The maximum Gasteiger partial charge on any atom is 0.255 e. The van der Waals surface area contributed by atoms with E-state index in [0.717, 1.165) is 58.4 Å². The van der Waals surface area contributed by atoms with E-state index in [2.05, 4.69) is 22.6 Å². The molecule has 1 aliphatic heterocycles. The van der Waals surface area contributed by atoms with Gasteiger partial charge in [-0.1, -0.05) is 35.5 Å². The third-order valence-electron chi connectivity index (χ3n) is 5.29. The number of carbonyl (C=O) groups excluding carboxylic acids is 1. The highest BCUT2D eigenvalue weighted by Crippen LogP contribution is 2.30. The summed E-state index contributed by atoms with van der Waals surface area (Å²) >= 11 is 1.66. The summed E-state index contributed by atoms with van der Waals surface area (Å²) in [5.41, 5.74) is 3.88. The summed E-state index contributed by atoms with van der Waals surface area (Å²) in [6.07, 6.45) is 0.953. The van der Waals surface area contributed by atoms with Gasteiger partial charge in [0.1, 0.15) is 5.76 Å². The molecule has 0 saturated carbocycles. The molecule has 5 nitrogen and oxygen atoms in total. The average molecular weight is 408 g/mol. The van der Waals surface area contributed by atoms with E-state index in [1.54, 1.807) is 11.8 Å². The van der Waals surface area contributed by atoms with Gasteiger partial charge in [-0.3, -0.25) is 4.79 Å². The molecule has 1 N–H and O–H groups in total. The van der Waals surface area contributed by atoms with E-state index in [9.17, 15) is 4.79 Å². The van der Waals surface area contributed by atoms with E-state index in [1.807, 2.05) is 61.2 Å². The fraction of sp³-hybridized carbons (Fsp3) is 0.304. The van der Waals surface area contributed by atoms with Gasteiger partial charge in [-0.25, -0.2) is 0 Å². The van der Waals surface area contributed by atoms with Crippen LogP contribution in [0.2, 0.25) is 0 Å². The number of thioether (sulfide) groups is 1. The van der Waals surface area contributed by atoms with Crippen LogP contribution < -0.4 is 5.32 Å². The molecule has 0 aliphatic carbocycles. The van der Waals surface area contributed by atoms with Gasteiger partial charge in [-0.05, 0) is 44.5 Å². The van der Waals surface area contributed by atoms with Crippen molar-refractivity contribution in [2.45, 2.75) is 37.0 Å². The molecule has 1 aliphatic rings. The summed E-state index contributed by atoms with van der Waals surface area (Å²) in [7, 11) is 0. The van der Waals surface area contributed by atoms with Gasteiger partial charge < -0.3 is 14.7 Å². The Balaban J connectivity index is 1.43. The number of amides is 1. The summed E-state index contributed by atoms with van der Waals surface area (Å²) in [6, 6.07) is 18.3. The highest BCUT2D eigenvalue weighted by Gasteiger charge is 2.28. The summed E-state index contributed by atoms with van der Waals surface area (Å²) in [5, 5.41) is 7.55. The second kappa shape index (κ2) is 8.74. The van der Waals surface area contributed by atoms with Crippen LogP contribution in [0.25, 0.3) is 0 Å². The minimum absolute atomic E-state index is 0.101. The van der Waals surface area contributed by atoms with Crippen LogP contribution >= 0.6 is 11.8 Å². The molecule has 29 heavy (non-hydrogen) atoms. The van der Waals surface area contributed by atoms with Crippen molar-refractivity contribution in [2.75, 3.05) is 18.4 Å². The van der Waals surface area contributed by atoms with Crippen molar-refractivity contribution in [1.29, 1.82) is 0 Å². The van der Waals surface area contributed by atoms with Gasteiger partial charge in [-0.2, -0.15) is 0 Å². The zero-order valence-electron chi connectivity index (χ0n) is 16.7. The van der Waals surface area contributed by atoms with E-state index in [1.165, 1.54) is 0 Å². The highest BCUT2D eigenvalue weighted by molar-refractivity contribution is 7.98. The molecule has 0 radical (unpaired) electrons. The number of para-hydroxylation sites is 1. The lowest BCUT2D eigenvalue weighted by molar-refractivity contribution is 0.0788. The summed E-state index contributed by atoms with van der Waals surface area (Å²) in [4.78, 5) is 16.2. The number of hydrogen-bond acceptors (Lipinski definition) is 5. The largest absolute Gasteiger partial charge is 0.380 e. The van der Waals surface area contributed by atoms with Gasteiger partial charge in [0.2, 0.25) is 0 Å². The SMILES string of the molecule is Cc1noc(C)c1CSc1ccccc1C(=O)N1CCC(Nc2ccccc2)C1. The normalized spacial score (nSPS) is 16.2. The number of hydrogen-bond donors (Lipinski definition) is 1. The van der Waals surface area contributed by atoms with E-state index >= 15 is 0 Å². The number of anilines is 1. The summed E-state index contributed by atoms with van der Waals surface area (Å²) in [5.74, 6) is 1.68. The number of aromatic nitrogens is 1. The van der Waals surface area contributed by atoms with Crippen molar-refractivity contribution in [3.05, 3.63) is 77.2 Å². The molecule has 2 heterocycles. The Labute approximate surface area is 175 Å². The van der Waals surface area contributed by atoms with Crippen LogP contribution in [0.4, 0.5) is 5.69 Å². The lowest BCUT2D eigenvalue weighted by atomic mass is 10.2.